The maximum Gasteiger partial charge on any atom is 0.237 e. The highest BCUT2D eigenvalue weighted by molar-refractivity contribution is 5.81. The molecule has 24 heavy (non-hydrogen) atoms. The molecule has 1 aromatic carbocycles. The summed E-state index contributed by atoms with van der Waals surface area (Å²) in [4.78, 5) is 16.7. The summed E-state index contributed by atoms with van der Waals surface area (Å²) < 4.78 is 13.0. The summed E-state index contributed by atoms with van der Waals surface area (Å²) in [5.74, 6) is -0.249. The Kier molecular flexibility index (Phi) is 5.06. The van der Waals surface area contributed by atoms with Crippen molar-refractivity contribution in [1.29, 1.82) is 0 Å². The fourth-order valence-electron chi connectivity index (χ4n) is 3.35. The predicted molar refractivity (Wildman–Crippen MR) is 91.5 cm³/mol. The number of hydrogen-bond donors (Lipinski definition) is 2. The average molecular weight is 335 g/mol. The van der Waals surface area contributed by atoms with Crippen molar-refractivity contribution in [3.63, 3.8) is 0 Å². The van der Waals surface area contributed by atoms with Gasteiger partial charge in [0.1, 0.15) is 5.82 Å². The van der Waals surface area contributed by atoms with Crippen molar-refractivity contribution in [3.05, 3.63) is 30.1 Å². The Bertz CT molecular complexity index is 566. The van der Waals surface area contributed by atoms with Gasteiger partial charge in [-0.15, -0.1) is 0 Å². The van der Waals surface area contributed by atoms with E-state index in [9.17, 15) is 14.3 Å². The molecule has 2 aliphatic rings. The number of halogens is 1. The molecule has 0 aromatic heterocycles. The lowest BCUT2D eigenvalue weighted by molar-refractivity contribution is -0.128. The van der Waals surface area contributed by atoms with Gasteiger partial charge in [0, 0.05) is 38.4 Å². The third-order valence-electron chi connectivity index (χ3n) is 5.31. The van der Waals surface area contributed by atoms with Crippen LogP contribution in [0, 0.1) is 5.82 Å². The van der Waals surface area contributed by atoms with E-state index < -0.39 is 5.60 Å². The molecule has 2 fully saturated rings. The SMILES string of the molecule is CC(C(=O)NCC1(O)CCC1)N1CCN(c2ccc(F)cc2)CC1. The van der Waals surface area contributed by atoms with Gasteiger partial charge in [-0.3, -0.25) is 9.69 Å². The topological polar surface area (TPSA) is 55.8 Å². The number of nitrogens with one attached hydrogen (secondary N) is 1. The summed E-state index contributed by atoms with van der Waals surface area (Å²) in [6.45, 7) is 5.46. The van der Waals surface area contributed by atoms with Crippen molar-refractivity contribution in [2.24, 2.45) is 0 Å². The minimum atomic E-state index is -0.684. The summed E-state index contributed by atoms with van der Waals surface area (Å²) in [7, 11) is 0. The summed E-state index contributed by atoms with van der Waals surface area (Å²) in [6.07, 6.45) is 2.59. The van der Waals surface area contributed by atoms with Crippen molar-refractivity contribution >= 4 is 11.6 Å². The molecule has 1 aromatic rings. The maximum absolute atomic E-state index is 13.0. The number of benzene rings is 1. The molecule has 2 N–H and O–H groups in total. The minimum absolute atomic E-state index is 0.0226. The molecule has 0 bridgehead atoms. The van der Waals surface area contributed by atoms with Crippen molar-refractivity contribution < 1.29 is 14.3 Å². The van der Waals surface area contributed by atoms with Crippen molar-refractivity contribution in [2.45, 2.75) is 37.8 Å². The summed E-state index contributed by atoms with van der Waals surface area (Å²) in [5.41, 5.74) is 0.330. The number of carbonyl (C=O) groups excluding carboxylic acids is 1. The third-order valence-corrected chi connectivity index (χ3v) is 5.31. The molecule has 132 valence electrons. The largest absolute Gasteiger partial charge is 0.388 e. The van der Waals surface area contributed by atoms with E-state index in [0.717, 1.165) is 51.1 Å². The molecule has 0 radical (unpaired) electrons. The molecule has 0 spiro atoms. The van der Waals surface area contributed by atoms with Gasteiger partial charge in [0.2, 0.25) is 5.91 Å². The van der Waals surface area contributed by atoms with Gasteiger partial charge in [0.25, 0.3) is 0 Å². The van der Waals surface area contributed by atoms with Crippen LogP contribution in [0.25, 0.3) is 0 Å². The van der Waals surface area contributed by atoms with E-state index >= 15 is 0 Å². The lowest BCUT2D eigenvalue weighted by Crippen LogP contribution is -2.56. The van der Waals surface area contributed by atoms with Crippen LogP contribution in [-0.2, 0) is 4.79 Å². The Morgan fingerprint density at radius 1 is 1.25 bits per heavy atom. The molecular weight excluding hydrogens is 309 g/mol. The second kappa shape index (κ2) is 7.07. The van der Waals surface area contributed by atoms with Gasteiger partial charge in [-0.25, -0.2) is 4.39 Å². The first-order valence-corrected chi connectivity index (χ1v) is 8.72. The van der Waals surface area contributed by atoms with E-state index in [1.807, 2.05) is 6.92 Å². The molecule has 1 atom stereocenters. The molecule has 1 saturated carbocycles. The van der Waals surface area contributed by atoms with Gasteiger partial charge in [0.15, 0.2) is 0 Å². The number of amides is 1. The number of anilines is 1. The Labute approximate surface area is 142 Å². The van der Waals surface area contributed by atoms with E-state index in [4.69, 9.17) is 0 Å². The zero-order valence-electron chi connectivity index (χ0n) is 14.2. The lowest BCUT2D eigenvalue weighted by atomic mass is 9.80. The molecule has 1 aliphatic heterocycles. The van der Waals surface area contributed by atoms with Crippen LogP contribution in [-0.4, -0.2) is 60.3 Å². The number of hydrogen-bond acceptors (Lipinski definition) is 4. The number of nitrogens with zero attached hydrogens (tertiary/aromatic N) is 2. The summed E-state index contributed by atoms with van der Waals surface area (Å²) in [6, 6.07) is 6.33. The second-order valence-electron chi connectivity index (χ2n) is 6.97. The van der Waals surface area contributed by atoms with Gasteiger partial charge < -0.3 is 15.3 Å². The van der Waals surface area contributed by atoms with Crippen molar-refractivity contribution in [1.82, 2.24) is 10.2 Å². The van der Waals surface area contributed by atoms with Gasteiger partial charge in [-0.1, -0.05) is 0 Å². The van der Waals surface area contributed by atoms with Crippen LogP contribution in [0.1, 0.15) is 26.2 Å². The highest BCUT2D eigenvalue weighted by Gasteiger charge is 2.35. The third kappa shape index (κ3) is 3.87. The average Bonchev–Trinajstić information content (AvgIpc) is 2.58. The maximum atomic E-state index is 13.0. The molecule has 1 unspecified atom stereocenters. The quantitative estimate of drug-likeness (QED) is 0.853. The Balaban J connectivity index is 1.46. The fourth-order valence-corrected chi connectivity index (χ4v) is 3.35. The predicted octanol–water partition coefficient (Wildman–Crippen LogP) is 1.37. The van der Waals surface area contributed by atoms with Crippen LogP contribution in [0.3, 0.4) is 0 Å². The highest BCUT2D eigenvalue weighted by atomic mass is 19.1. The minimum Gasteiger partial charge on any atom is -0.388 e. The van der Waals surface area contributed by atoms with E-state index in [1.54, 1.807) is 12.1 Å². The zero-order valence-corrected chi connectivity index (χ0v) is 14.2. The molecule has 3 rings (SSSR count). The highest BCUT2D eigenvalue weighted by Crippen LogP contribution is 2.30. The first-order valence-electron chi connectivity index (χ1n) is 8.72. The van der Waals surface area contributed by atoms with E-state index in [2.05, 4.69) is 15.1 Å². The normalized spacial score (nSPS) is 21.9. The second-order valence-corrected chi connectivity index (χ2v) is 6.97. The van der Waals surface area contributed by atoms with Gasteiger partial charge in [-0.2, -0.15) is 0 Å². The van der Waals surface area contributed by atoms with Crippen LogP contribution < -0.4 is 10.2 Å². The number of carbonyl (C=O) groups is 1. The smallest absolute Gasteiger partial charge is 0.237 e. The first-order chi connectivity index (χ1) is 11.5. The lowest BCUT2D eigenvalue weighted by Gasteiger charge is -2.40. The van der Waals surface area contributed by atoms with Crippen molar-refractivity contribution in [2.75, 3.05) is 37.6 Å². The summed E-state index contributed by atoms with van der Waals surface area (Å²) in [5, 5.41) is 13.0. The van der Waals surface area contributed by atoms with Gasteiger partial charge >= 0.3 is 0 Å². The van der Waals surface area contributed by atoms with Crippen LogP contribution in [0.5, 0.6) is 0 Å². The standard InChI is InChI=1S/C18H26FN3O2/c1-14(17(23)20-13-18(24)7-2-8-18)21-9-11-22(12-10-21)16-5-3-15(19)4-6-16/h3-6,14,24H,2,7-13H2,1H3,(H,20,23). The molecule has 1 heterocycles. The summed E-state index contributed by atoms with van der Waals surface area (Å²) >= 11 is 0. The van der Waals surface area contributed by atoms with E-state index in [-0.39, 0.29) is 17.8 Å². The Hall–Kier alpha value is -1.66. The monoisotopic (exact) mass is 335 g/mol. The van der Waals surface area contributed by atoms with Gasteiger partial charge in [0.05, 0.1) is 11.6 Å². The molecule has 1 amide bonds. The first kappa shape index (κ1) is 17.2. The van der Waals surface area contributed by atoms with Crippen LogP contribution >= 0.6 is 0 Å². The Morgan fingerprint density at radius 3 is 2.42 bits per heavy atom. The Morgan fingerprint density at radius 2 is 1.88 bits per heavy atom. The fraction of sp³-hybridized carbons (Fsp3) is 0.611. The molecule has 5 nitrogen and oxygen atoms in total. The van der Waals surface area contributed by atoms with Gasteiger partial charge in [-0.05, 0) is 50.5 Å². The number of rotatable bonds is 5. The molecule has 1 saturated heterocycles. The van der Waals surface area contributed by atoms with E-state index in [1.165, 1.54) is 12.1 Å². The van der Waals surface area contributed by atoms with Crippen LogP contribution in [0.2, 0.25) is 0 Å². The number of piperazine rings is 1. The molecule has 6 heteroatoms. The van der Waals surface area contributed by atoms with Crippen LogP contribution in [0.4, 0.5) is 10.1 Å². The number of aliphatic hydroxyl groups is 1. The zero-order chi connectivity index (χ0) is 17.2. The van der Waals surface area contributed by atoms with Crippen molar-refractivity contribution in [3.8, 4) is 0 Å². The molecular formula is C18H26FN3O2. The molecule has 1 aliphatic carbocycles. The van der Waals surface area contributed by atoms with E-state index in [0.29, 0.717) is 6.54 Å². The van der Waals surface area contributed by atoms with Crippen LogP contribution in [0.15, 0.2) is 24.3 Å².